The topological polar surface area (TPSA) is 56.3 Å². The van der Waals surface area contributed by atoms with Crippen molar-refractivity contribution in [1.82, 2.24) is 14.7 Å². The Balaban J connectivity index is 1.72. The summed E-state index contributed by atoms with van der Waals surface area (Å²) in [5, 5.41) is 4.41. The summed E-state index contributed by atoms with van der Waals surface area (Å²) >= 11 is 0. The van der Waals surface area contributed by atoms with Gasteiger partial charge in [-0.3, -0.25) is 9.58 Å². The van der Waals surface area contributed by atoms with Crippen LogP contribution in [0.4, 0.5) is 5.69 Å². The van der Waals surface area contributed by atoms with Crippen LogP contribution in [0.25, 0.3) is 0 Å². The lowest BCUT2D eigenvalue weighted by Gasteiger charge is -2.42. The molecule has 2 N–H and O–H groups in total. The van der Waals surface area contributed by atoms with Crippen molar-refractivity contribution in [2.75, 3.05) is 32.0 Å². The minimum absolute atomic E-state index is 0.474. The van der Waals surface area contributed by atoms with Crippen molar-refractivity contribution < 1.29 is 4.74 Å². The van der Waals surface area contributed by atoms with E-state index in [1.54, 1.807) is 6.20 Å². The van der Waals surface area contributed by atoms with E-state index in [9.17, 15) is 0 Å². The highest BCUT2D eigenvalue weighted by atomic mass is 16.5. The van der Waals surface area contributed by atoms with Gasteiger partial charge in [0, 0.05) is 6.54 Å². The molecule has 0 radical (unpaired) electrons. The Morgan fingerprint density at radius 1 is 1.41 bits per heavy atom. The number of nitrogen functional groups attached to an aromatic ring is 1. The molecule has 2 fully saturated rings. The zero-order chi connectivity index (χ0) is 11.8. The normalized spacial score (nSPS) is 27.0. The first-order valence-corrected chi connectivity index (χ1v) is 6.37. The van der Waals surface area contributed by atoms with Crippen LogP contribution in [0.15, 0.2) is 6.20 Å². The second kappa shape index (κ2) is 4.31. The van der Waals surface area contributed by atoms with Gasteiger partial charge in [-0.05, 0) is 26.3 Å². The predicted octanol–water partition coefficient (Wildman–Crippen LogP) is 0.809. The molecule has 1 aromatic heterocycles. The van der Waals surface area contributed by atoms with E-state index >= 15 is 0 Å². The largest absolute Gasteiger partial charge is 0.396 e. The quantitative estimate of drug-likeness (QED) is 0.825. The number of nitrogens with two attached hydrogens (primary N) is 1. The molecule has 94 valence electrons. The number of anilines is 1. The maximum atomic E-state index is 5.86. The monoisotopic (exact) mass is 236 g/mol. The predicted molar refractivity (Wildman–Crippen MR) is 65.8 cm³/mol. The van der Waals surface area contributed by atoms with Gasteiger partial charge in [0.05, 0.1) is 42.9 Å². The summed E-state index contributed by atoms with van der Waals surface area (Å²) < 4.78 is 7.37. The van der Waals surface area contributed by atoms with Crippen LogP contribution in [0.2, 0.25) is 0 Å². The van der Waals surface area contributed by atoms with E-state index in [0.717, 1.165) is 31.1 Å². The van der Waals surface area contributed by atoms with Crippen molar-refractivity contribution in [2.24, 2.45) is 0 Å². The van der Waals surface area contributed by atoms with Gasteiger partial charge in [0.1, 0.15) is 0 Å². The first-order chi connectivity index (χ1) is 8.25. The Kier molecular flexibility index (Phi) is 2.80. The average Bonchev–Trinajstić information content (AvgIpc) is 2.58. The lowest BCUT2D eigenvalue weighted by Crippen LogP contribution is -2.52. The molecule has 0 saturated carbocycles. The van der Waals surface area contributed by atoms with Gasteiger partial charge in [0.25, 0.3) is 0 Å². The lowest BCUT2D eigenvalue weighted by atomic mass is 10.0. The maximum absolute atomic E-state index is 5.86. The molecule has 0 aromatic carbocycles. The molecule has 3 rings (SSSR count). The van der Waals surface area contributed by atoms with Gasteiger partial charge in [-0.2, -0.15) is 5.10 Å². The van der Waals surface area contributed by atoms with Gasteiger partial charge in [0.15, 0.2) is 0 Å². The lowest BCUT2D eigenvalue weighted by molar-refractivity contribution is -0.0758. The van der Waals surface area contributed by atoms with Crippen LogP contribution in [0, 0.1) is 6.92 Å². The van der Waals surface area contributed by atoms with Gasteiger partial charge in [-0.15, -0.1) is 0 Å². The van der Waals surface area contributed by atoms with Crippen LogP contribution in [0.3, 0.4) is 0 Å². The third kappa shape index (κ3) is 1.93. The van der Waals surface area contributed by atoms with Crippen molar-refractivity contribution in [3.05, 3.63) is 11.9 Å². The molecule has 0 bridgehead atoms. The van der Waals surface area contributed by atoms with E-state index in [-0.39, 0.29) is 0 Å². The first-order valence-electron chi connectivity index (χ1n) is 6.37. The summed E-state index contributed by atoms with van der Waals surface area (Å²) in [7, 11) is 0. The average molecular weight is 236 g/mol. The van der Waals surface area contributed by atoms with E-state index in [1.165, 1.54) is 19.4 Å². The highest BCUT2D eigenvalue weighted by Gasteiger charge is 2.31. The molecular weight excluding hydrogens is 216 g/mol. The molecule has 5 heteroatoms. The molecule has 0 amide bonds. The molecule has 0 spiro atoms. The molecule has 0 unspecified atom stereocenters. The summed E-state index contributed by atoms with van der Waals surface area (Å²) in [6.07, 6.45) is 4.20. The summed E-state index contributed by atoms with van der Waals surface area (Å²) in [5.41, 5.74) is 7.76. The fourth-order valence-electron chi connectivity index (χ4n) is 2.75. The third-order valence-electron chi connectivity index (χ3n) is 3.99. The number of rotatable bonds is 2. The van der Waals surface area contributed by atoms with Gasteiger partial charge < -0.3 is 10.5 Å². The fraction of sp³-hybridized carbons (Fsp3) is 0.750. The second-order valence-electron chi connectivity index (χ2n) is 5.11. The molecule has 1 atom stereocenters. The standard InChI is InChI=1S/C12H20N4O/c1-9-12(13)5-14-16(9)10-3-2-4-15(6-10)11-7-17-8-11/h5,10-11H,2-4,6-8,13H2,1H3/t10-/m0/s1. The van der Waals surface area contributed by atoms with Crippen molar-refractivity contribution in [2.45, 2.75) is 31.8 Å². The van der Waals surface area contributed by atoms with Gasteiger partial charge >= 0.3 is 0 Å². The van der Waals surface area contributed by atoms with Gasteiger partial charge in [-0.1, -0.05) is 0 Å². The van der Waals surface area contributed by atoms with Crippen molar-refractivity contribution in [1.29, 1.82) is 0 Å². The molecule has 5 nitrogen and oxygen atoms in total. The minimum atomic E-state index is 0.474. The van der Waals surface area contributed by atoms with Crippen LogP contribution in [-0.2, 0) is 4.74 Å². The molecule has 2 saturated heterocycles. The maximum Gasteiger partial charge on any atom is 0.0730 e. The molecular formula is C12H20N4O. The van der Waals surface area contributed by atoms with E-state index in [4.69, 9.17) is 10.5 Å². The van der Waals surface area contributed by atoms with Gasteiger partial charge in [-0.25, -0.2) is 0 Å². The smallest absolute Gasteiger partial charge is 0.0730 e. The zero-order valence-corrected chi connectivity index (χ0v) is 10.3. The van der Waals surface area contributed by atoms with Crippen molar-refractivity contribution >= 4 is 5.69 Å². The van der Waals surface area contributed by atoms with Crippen LogP contribution in [-0.4, -0.2) is 47.0 Å². The summed E-state index contributed by atoms with van der Waals surface area (Å²) in [5.74, 6) is 0. The van der Waals surface area contributed by atoms with Crippen LogP contribution < -0.4 is 5.73 Å². The van der Waals surface area contributed by atoms with Crippen molar-refractivity contribution in [3.63, 3.8) is 0 Å². The van der Waals surface area contributed by atoms with E-state index < -0.39 is 0 Å². The molecule has 0 aliphatic carbocycles. The Hall–Kier alpha value is -1.07. The van der Waals surface area contributed by atoms with Crippen LogP contribution in [0.5, 0.6) is 0 Å². The SMILES string of the molecule is Cc1c(N)cnn1[C@H]1CCCN(C2COC2)C1. The summed E-state index contributed by atoms with van der Waals surface area (Å²) in [6.45, 7) is 6.12. The molecule has 1 aromatic rings. The van der Waals surface area contributed by atoms with Gasteiger partial charge in [0.2, 0.25) is 0 Å². The first kappa shape index (κ1) is 11.0. The molecule has 2 aliphatic heterocycles. The number of ether oxygens (including phenoxy) is 1. The second-order valence-corrected chi connectivity index (χ2v) is 5.11. The van der Waals surface area contributed by atoms with Crippen molar-refractivity contribution in [3.8, 4) is 0 Å². The van der Waals surface area contributed by atoms with Crippen LogP contribution in [0.1, 0.15) is 24.6 Å². The third-order valence-corrected chi connectivity index (χ3v) is 3.99. The number of aromatic nitrogens is 2. The molecule has 2 aliphatic rings. The Bertz CT molecular complexity index is 399. The summed E-state index contributed by atoms with van der Waals surface area (Å²) in [6, 6.07) is 1.10. The number of likely N-dealkylation sites (tertiary alicyclic amines) is 1. The Morgan fingerprint density at radius 2 is 2.24 bits per heavy atom. The number of piperidine rings is 1. The minimum Gasteiger partial charge on any atom is -0.396 e. The fourth-order valence-corrected chi connectivity index (χ4v) is 2.75. The zero-order valence-electron chi connectivity index (χ0n) is 10.3. The number of hydrogen-bond donors (Lipinski definition) is 1. The Labute approximate surface area is 102 Å². The van der Waals surface area contributed by atoms with E-state index in [2.05, 4.69) is 14.7 Å². The highest BCUT2D eigenvalue weighted by molar-refractivity contribution is 5.39. The Morgan fingerprint density at radius 3 is 2.82 bits per heavy atom. The highest BCUT2D eigenvalue weighted by Crippen LogP contribution is 2.26. The number of hydrogen-bond acceptors (Lipinski definition) is 4. The summed E-state index contributed by atoms with van der Waals surface area (Å²) in [4.78, 5) is 2.54. The molecule has 3 heterocycles. The van der Waals surface area contributed by atoms with Crippen LogP contribution >= 0.6 is 0 Å². The van der Waals surface area contributed by atoms with E-state index in [1.807, 2.05) is 6.92 Å². The molecule has 17 heavy (non-hydrogen) atoms. The number of nitrogens with zero attached hydrogens (tertiary/aromatic N) is 3. The van der Waals surface area contributed by atoms with E-state index in [0.29, 0.717) is 12.1 Å².